The van der Waals surface area contributed by atoms with Crippen molar-refractivity contribution < 1.29 is 4.74 Å². The highest BCUT2D eigenvalue weighted by atomic mass is 16.5. The van der Waals surface area contributed by atoms with Gasteiger partial charge in [-0.1, -0.05) is 105 Å². The maximum Gasteiger partial charge on any atom is 0.0722 e. The van der Waals surface area contributed by atoms with Gasteiger partial charge in [-0.05, 0) is 74.8 Å². The summed E-state index contributed by atoms with van der Waals surface area (Å²) in [4.78, 5) is 2.16. The van der Waals surface area contributed by atoms with Gasteiger partial charge in [-0.15, -0.1) is 0 Å². The standard InChI is InChI=1S/C35H41NO/c1-36(2)32-22-15-27(16-23-32)12-9-7-5-3-4-6-8-10-25-37-26-31-20-19-30-18-17-28-13-11-14-29-21-24-33(31)35(30)34(28)29/h11,13-24H,3-10,12,25-26H2,1-2H3. The minimum Gasteiger partial charge on any atom is -0.378 e. The Labute approximate surface area is 222 Å². The molecule has 0 aliphatic heterocycles. The summed E-state index contributed by atoms with van der Waals surface area (Å²) in [6, 6.07) is 29.1. The van der Waals surface area contributed by atoms with E-state index in [1.807, 2.05) is 0 Å². The van der Waals surface area contributed by atoms with E-state index in [9.17, 15) is 0 Å². The molecule has 0 spiro atoms. The van der Waals surface area contributed by atoms with Crippen LogP contribution in [-0.4, -0.2) is 20.7 Å². The Morgan fingerprint density at radius 2 is 1.16 bits per heavy atom. The van der Waals surface area contributed by atoms with Gasteiger partial charge in [0, 0.05) is 26.4 Å². The van der Waals surface area contributed by atoms with Gasteiger partial charge < -0.3 is 9.64 Å². The fourth-order valence-electron chi connectivity index (χ4n) is 5.66. The van der Waals surface area contributed by atoms with Gasteiger partial charge in [-0.2, -0.15) is 0 Å². The molecule has 0 aliphatic carbocycles. The average molecular weight is 492 g/mol. The second-order valence-electron chi connectivity index (χ2n) is 10.8. The van der Waals surface area contributed by atoms with Crippen molar-refractivity contribution in [1.29, 1.82) is 0 Å². The number of benzene rings is 5. The predicted molar refractivity (Wildman–Crippen MR) is 161 cm³/mol. The summed E-state index contributed by atoms with van der Waals surface area (Å²) in [6.45, 7) is 1.56. The van der Waals surface area contributed by atoms with Crippen molar-refractivity contribution in [2.45, 2.75) is 64.4 Å². The highest BCUT2D eigenvalue weighted by Gasteiger charge is 2.10. The van der Waals surface area contributed by atoms with Crippen LogP contribution in [0.5, 0.6) is 0 Å². The lowest BCUT2D eigenvalue weighted by Crippen LogP contribution is -2.08. The molecule has 0 amide bonds. The normalized spacial score (nSPS) is 11.7. The minimum absolute atomic E-state index is 0.700. The van der Waals surface area contributed by atoms with Crippen LogP contribution in [0.25, 0.3) is 32.3 Å². The third-order valence-corrected chi connectivity index (χ3v) is 7.83. The summed E-state index contributed by atoms with van der Waals surface area (Å²) >= 11 is 0. The lowest BCUT2D eigenvalue weighted by Gasteiger charge is -2.14. The van der Waals surface area contributed by atoms with Gasteiger partial charge in [0.15, 0.2) is 0 Å². The number of ether oxygens (including phenoxy) is 1. The van der Waals surface area contributed by atoms with Crippen LogP contribution < -0.4 is 4.90 Å². The van der Waals surface area contributed by atoms with Crippen molar-refractivity contribution in [3.63, 3.8) is 0 Å². The number of anilines is 1. The van der Waals surface area contributed by atoms with Crippen molar-refractivity contribution in [3.8, 4) is 0 Å². The number of aryl methyl sites for hydroxylation is 1. The maximum atomic E-state index is 6.13. The van der Waals surface area contributed by atoms with Crippen LogP contribution in [0.2, 0.25) is 0 Å². The van der Waals surface area contributed by atoms with E-state index in [0.29, 0.717) is 6.61 Å². The van der Waals surface area contributed by atoms with E-state index in [4.69, 9.17) is 4.74 Å². The number of hydrogen-bond donors (Lipinski definition) is 0. The predicted octanol–water partition coefficient (Wildman–Crippen LogP) is 9.53. The largest absolute Gasteiger partial charge is 0.378 e. The fraction of sp³-hybridized carbons (Fsp3) is 0.371. The monoisotopic (exact) mass is 491 g/mol. The van der Waals surface area contributed by atoms with E-state index in [-0.39, 0.29) is 0 Å². The summed E-state index contributed by atoms with van der Waals surface area (Å²) in [5.41, 5.74) is 4.05. The molecule has 0 bridgehead atoms. The molecule has 0 heterocycles. The molecule has 5 rings (SSSR count). The molecule has 0 N–H and O–H groups in total. The van der Waals surface area contributed by atoms with Crippen LogP contribution in [0, 0.1) is 0 Å². The first-order valence-corrected chi connectivity index (χ1v) is 14.2. The Morgan fingerprint density at radius 1 is 0.568 bits per heavy atom. The Morgan fingerprint density at radius 3 is 1.86 bits per heavy atom. The lowest BCUT2D eigenvalue weighted by molar-refractivity contribution is 0.117. The van der Waals surface area contributed by atoms with Crippen molar-refractivity contribution in [3.05, 3.63) is 90.0 Å². The van der Waals surface area contributed by atoms with Crippen molar-refractivity contribution in [2.75, 3.05) is 25.6 Å². The van der Waals surface area contributed by atoms with Gasteiger partial charge in [-0.3, -0.25) is 0 Å². The summed E-state index contributed by atoms with van der Waals surface area (Å²) in [5.74, 6) is 0. The average Bonchev–Trinajstić information content (AvgIpc) is 2.93. The molecule has 192 valence electrons. The zero-order chi connectivity index (χ0) is 25.5. The molecule has 0 aromatic heterocycles. The first-order valence-electron chi connectivity index (χ1n) is 14.2. The number of nitrogens with zero attached hydrogens (tertiary/aromatic N) is 1. The third-order valence-electron chi connectivity index (χ3n) is 7.83. The molecule has 5 aromatic rings. The van der Waals surface area contributed by atoms with Crippen LogP contribution in [0.1, 0.15) is 62.5 Å². The zero-order valence-electron chi connectivity index (χ0n) is 22.6. The molecule has 2 heteroatoms. The van der Waals surface area contributed by atoms with E-state index in [0.717, 1.165) is 13.0 Å². The van der Waals surface area contributed by atoms with E-state index in [1.165, 1.54) is 100 Å². The zero-order valence-corrected chi connectivity index (χ0v) is 22.6. The third kappa shape index (κ3) is 6.25. The highest BCUT2D eigenvalue weighted by Crippen LogP contribution is 2.36. The molecule has 0 aliphatic rings. The number of hydrogen-bond acceptors (Lipinski definition) is 2. The van der Waals surface area contributed by atoms with Gasteiger partial charge in [-0.25, -0.2) is 0 Å². The second-order valence-corrected chi connectivity index (χ2v) is 10.8. The molecule has 5 aromatic carbocycles. The molecule has 0 saturated heterocycles. The molecule has 0 radical (unpaired) electrons. The van der Waals surface area contributed by atoms with Gasteiger partial charge in [0.1, 0.15) is 0 Å². The Bertz CT molecular complexity index is 1390. The lowest BCUT2D eigenvalue weighted by atomic mass is 9.92. The Kier molecular flexibility index (Phi) is 8.58. The maximum absolute atomic E-state index is 6.13. The molecule has 37 heavy (non-hydrogen) atoms. The quantitative estimate of drug-likeness (QED) is 0.113. The first-order chi connectivity index (χ1) is 18.2. The molecule has 0 fully saturated rings. The van der Waals surface area contributed by atoms with Crippen LogP contribution in [-0.2, 0) is 17.8 Å². The molecule has 0 saturated carbocycles. The van der Waals surface area contributed by atoms with Gasteiger partial charge in [0.25, 0.3) is 0 Å². The van der Waals surface area contributed by atoms with Gasteiger partial charge in [0.2, 0.25) is 0 Å². The Hall–Kier alpha value is -3.10. The summed E-state index contributed by atoms with van der Waals surface area (Å²) in [7, 11) is 4.19. The first kappa shape index (κ1) is 25.5. The van der Waals surface area contributed by atoms with E-state index in [1.54, 1.807) is 0 Å². The van der Waals surface area contributed by atoms with E-state index < -0.39 is 0 Å². The number of unbranched alkanes of at least 4 members (excludes halogenated alkanes) is 7. The summed E-state index contributed by atoms with van der Waals surface area (Å²) < 4.78 is 6.13. The van der Waals surface area contributed by atoms with Crippen molar-refractivity contribution in [1.82, 2.24) is 0 Å². The van der Waals surface area contributed by atoms with Crippen LogP contribution in [0.15, 0.2) is 78.9 Å². The van der Waals surface area contributed by atoms with Crippen LogP contribution in [0.4, 0.5) is 5.69 Å². The van der Waals surface area contributed by atoms with Crippen molar-refractivity contribution >= 4 is 38.0 Å². The molecule has 0 unspecified atom stereocenters. The topological polar surface area (TPSA) is 12.5 Å². The smallest absolute Gasteiger partial charge is 0.0722 e. The summed E-state index contributed by atoms with van der Waals surface area (Å²) in [5, 5.41) is 8.08. The molecular formula is C35H41NO. The van der Waals surface area contributed by atoms with Crippen LogP contribution in [0.3, 0.4) is 0 Å². The SMILES string of the molecule is CN(C)c1ccc(CCCCCCCCCCOCc2ccc3ccc4cccc5ccc2c3c45)cc1. The number of rotatable bonds is 14. The fourth-order valence-corrected chi connectivity index (χ4v) is 5.66. The molecule has 2 nitrogen and oxygen atoms in total. The van der Waals surface area contributed by atoms with Crippen molar-refractivity contribution in [2.24, 2.45) is 0 Å². The second kappa shape index (κ2) is 12.4. The summed E-state index contributed by atoms with van der Waals surface area (Å²) in [6.07, 6.45) is 11.7. The Balaban J connectivity index is 0.963. The minimum atomic E-state index is 0.700. The van der Waals surface area contributed by atoms with Crippen LogP contribution >= 0.6 is 0 Å². The van der Waals surface area contributed by atoms with E-state index >= 15 is 0 Å². The molecule has 0 atom stereocenters. The van der Waals surface area contributed by atoms with Gasteiger partial charge >= 0.3 is 0 Å². The van der Waals surface area contributed by atoms with E-state index in [2.05, 4.69) is 97.9 Å². The molecular weight excluding hydrogens is 450 g/mol. The highest BCUT2D eigenvalue weighted by molar-refractivity contribution is 6.23. The van der Waals surface area contributed by atoms with Gasteiger partial charge in [0.05, 0.1) is 6.61 Å².